The maximum atomic E-state index is 13.9. The molecule has 0 unspecified atom stereocenters. The summed E-state index contributed by atoms with van der Waals surface area (Å²) < 4.78 is 27.7. The molecular formula is C24H24F2N2. The summed E-state index contributed by atoms with van der Waals surface area (Å²) in [7, 11) is 0. The van der Waals surface area contributed by atoms with Crippen LogP contribution in [-0.4, -0.2) is 4.98 Å². The number of aryl methyl sites for hydroxylation is 2. The third-order valence-corrected chi connectivity index (χ3v) is 4.82. The molecule has 2 aromatic rings. The molecule has 0 saturated heterocycles. The van der Waals surface area contributed by atoms with Crippen molar-refractivity contribution in [1.29, 1.82) is 0 Å². The van der Waals surface area contributed by atoms with Crippen LogP contribution in [-0.2, 0) is 12.8 Å². The van der Waals surface area contributed by atoms with E-state index in [9.17, 15) is 8.78 Å². The van der Waals surface area contributed by atoms with Crippen LogP contribution in [0.25, 0.3) is 11.3 Å². The largest absolute Gasteiger partial charge is 0.356 e. The zero-order valence-electron chi connectivity index (χ0n) is 16.1. The van der Waals surface area contributed by atoms with E-state index >= 15 is 0 Å². The van der Waals surface area contributed by atoms with Gasteiger partial charge in [0.1, 0.15) is 11.6 Å². The number of benzene rings is 1. The Bertz CT molecular complexity index is 950. The zero-order valence-corrected chi connectivity index (χ0v) is 16.1. The molecule has 2 nitrogen and oxygen atoms in total. The number of rotatable bonds is 6. The molecule has 28 heavy (non-hydrogen) atoms. The first kappa shape index (κ1) is 19.7. The predicted octanol–water partition coefficient (Wildman–Crippen LogP) is 5.97. The lowest BCUT2D eigenvalue weighted by atomic mass is 9.95. The van der Waals surface area contributed by atoms with Gasteiger partial charge in [0.05, 0.1) is 11.3 Å². The molecule has 1 heterocycles. The van der Waals surface area contributed by atoms with Gasteiger partial charge in [-0.2, -0.15) is 0 Å². The Morgan fingerprint density at radius 1 is 1.04 bits per heavy atom. The fraction of sp³-hybridized carbons (Fsp3) is 0.208. The van der Waals surface area contributed by atoms with E-state index in [-0.39, 0.29) is 11.3 Å². The van der Waals surface area contributed by atoms with Gasteiger partial charge in [0.15, 0.2) is 0 Å². The number of allylic oxidation sites excluding steroid dienone is 4. The Hall–Kier alpha value is -3.01. The number of aromatic nitrogens is 1. The van der Waals surface area contributed by atoms with Crippen LogP contribution < -0.4 is 5.32 Å². The Morgan fingerprint density at radius 2 is 1.75 bits per heavy atom. The highest BCUT2D eigenvalue weighted by molar-refractivity contribution is 5.72. The Balaban J connectivity index is 1.71. The second kappa shape index (κ2) is 8.79. The lowest BCUT2D eigenvalue weighted by Crippen LogP contribution is -2.11. The van der Waals surface area contributed by atoms with Crippen LogP contribution in [0.15, 0.2) is 67.4 Å². The Morgan fingerprint density at radius 3 is 2.46 bits per heavy atom. The van der Waals surface area contributed by atoms with Crippen LogP contribution >= 0.6 is 0 Å². The van der Waals surface area contributed by atoms with Gasteiger partial charge in [-0.3, -0.25) is 4.98 Å². The molecule has 144 valence electrons. The summed E-state index contributed by atoms with van der Waals surface area (Å²) in [5, 5.41) is 2.86. The third-order valence-electron chi connectivity index (χ3n) is 4.82. The summed E-state index contributed by atoms with van der Waals surface area (Å²) >= 11 is 0. The number of hydrogen-bond donors (Lipinski definition) is 1. The van der Waals surface area contributed by atoms with E-state index in [2.05, 4.69) is 24.5 Å². The lowest BCUT2D eigenvalue weighted by Gasteiger charge is -2.16. The Kier molecular flexibility index (Phi) is 6.19. The van der Waals surface area contributed by atoms with Crippen LogP contribution in [0.2, 0.25) is 0 Å². The van der Waals surface area contributed by atoms with E-state index in [0.717, 1.165) is 24.1 Å². The molecule has 0 radical (unpaired) electrons. The van der Waals surface area contributed by atoms with Crippen LogP contribution in [0, 0.1) is 11.6 Å². The standard InChI is InChI=1S/C24H24F2N2/c1-4-18(23-15-14-19-8-5-6-11-22(19)28-23)13-12-16(2)27-17(3)24-20(25)9-7-10-21(24)26/h4,7,9-10,12-15,27H,2-3,5-6,8,11H2,1H3/b13-12-,18-4+. The van der Waals surface area contributed by atoms with Gasteiger partial charge < -0.3 is 5.32 Å². The van der Waals surface area contributed by atoms with E-state index in [4.69, 9.17) is 4.98 Å². The van der Waals surface area contributed by atoms with Crippen molar-refractivity contribution in [1.82, 2.24) is 10.3 Å². The molecule has 3 rings (SSSR count). The first-order valence-electron chi connectivity index (χ1n) is 9.42. The quantitative estimate of drug-likeness (QED) is 0.626. The average Bonchev–Trinajstić information content (AvgIpc) is 2.68. The topological polar surface area (TPSA) is 24.9 Å². The maximum Gasteiger partial charge on any atom is 0.135 e. The van der Waals surface area contributed by atoms with Gasteiger partial charge in [0.25, 0.3) is 0 Å². The summed E-state index contributed by atoms with van der Waals surface area (Å²) in [4.78, 5) is 4.81. The van der Waals surface area contributed by atoms with Crippen LogP contribution in [0.5, 0.6) is 0 Å². The number of pyridine rings is 1. The molecule has 1 N–H and O–H groups in total. The maximum absolute atomic E-state index is 13.9. The van der Waals surface area contributed by atoms with E-state index < -0.39 is 11.6 Å². The molecule has 1 aromatic heterocycles. The molecule has 1 aromatic carbocycles. The van der Waals surface area contributed by atoms with Crippen LogP contribution in [0.4, 0.5) is 8.78 Å². The number of nitrogens with zero attached hydrogens (tertiary/aromatic N) is 1. The van der Waals surface area contributed by atoms with E-state index in [1.807, 2.05) is 25.1 Å². The molecule has 0 aliphatic heterocycles. The summed E-state index contributed by atoms with van der Waals surface area (Å²) in [6, 6.07) is 7.91. The Labute approximate surface area is 165 Å². The van der Waals surface area contributed by atoms with Crippen LogP contribution in [0.1, 0.15) is 42.3 Å². The van der Waals surface area contributed by atoms with Crippen molar-refractivity contribution in [3.8, 4) is 0 Å². The second-order valence-electron chi connectivity index (χ2n) is 6.81. The van der Waals surface area contributed by atoms with Crippen molar-refractivity contribution in [3.63, 3.8) is 0 Å². The van der Waals surface area contributed by atoms with Gasteiger partial charge in [-0.05, 0) is 68.0 Å². The summed E-state index contributed by atoms with van der Waals surface area (Å²) in [6.45, 7) is 9.57. The third kappa shape index (κ3) is 4.45. The van der Waals surface area contributed by atoms with Crippen molar-refractivity contribution < 1.29 is 8.78 Å². The van der Waals surface area contributed by atoms with Gasteiger partial charge in [-0.1, -0.05) is 37.4 Å². The minimum absolute atomic E-state index is 0.124. The van der Waals surface area contributed by atoms with Crippen LogP contribution in [0.3, 0.4) is 0 Å². The number of halogens is 2. The van der Waals surface area contributed by atoms with Gasteiger partial charge in [-0.15, -0.1) is 0 Å². The lowest BCUT2D eigenvalue weighted by molar-refractivity contribution is 0.575. The van der Waals surface area contributed by atoms with Crippen molar-refractivity contribution in [3.05, 3.63) is 102 Å². The van der Waals surface area contributed by atoms with Crippen molar-refractivity contribution in [2.24, 2.45) is 0 Å². The zero-order chi connectivity index (χ0) is 20.1. The molecule has 0 bridgehead atoms. The highest BCUT2D eigenvalue weighted by Crippen LogP contribution is 2.23. The number of hydrogen-bond acceptors (Lipinski definition) is 2. The van der Waals surface area contributed by atoms with Gasteiger partial charge >= 0.3 is 0 Å². The average molecular weight is 378 g/mol. The smallest absolute Gasteiger partial charge is 0.135 e. The first-order valence-corrected chi connectivity index (χ1v) is 9.42. The minimum Gasteiger partial charge on any atom is -0.356 e. The number of nitrogens with one attached hydrogen (secondary N) is 1. The molecule has 1 aliphatic carbocycles. The van der Waals surface area contributed by atoms with E-state index in [1.165, 1.54) is 42.3 Å². The monoisotopic (exact) mass is 378 g/mol. The molecule has 0 saturated carbocycles. The molecule has 0 fully saturated rings. The molecular weight excluding hydrogens is 354 g/mol. The fourth-order valence-corrected chi connectivity index (χ4v) is 3.35. The van der Waals surface area contributed by atoms with E-state index in [1.54, 1.807) is 6.08 Å². The highest BCUT2D eigenvalue weighted by atomic mass is 19.1. The van der Waals surface area contributed by atoms with E-state index in [0.29, 0.717) is 5.70 Å². The summed E-state index contributed by atoms with van der Waals surface area (Å²) in [6.07, 6.45) is 10.1. The summed E-state index contributed by atoms with van der Waals surface area (Å²) in [5.41, 5.74) is 4.80. The molecule has 0 spiro atoms. The van der Waals surface area contributed by atoms with Gasteiger partial charge in [0, 0.05) is 17.1 Å². The molecule has 4 heteroatoms. The SMILES string of the molecule is C=C(/C=C\C(=C/C)c1ccc2c(n1)CCCC2)NC(=C)c1c(F)cccc1F. The van der Waals surface area contributed by atoms with Crippen molar-refractivity contribution in [2.75, 3.05) is 0 Å². The van der Waals surface area contributed by atoms with Gasteiger partial charge in [0.2, 0.25) is 0 Å². The van der Waals surface area contributed by atoms with Crippen molar-refractivity contribution in [2.45, 2.75) is 32.6 Å². The molecule has 0 amide bonds. The minimum atomic E-state index is -0.665. The first-order chi connectivity index (χ1) is 13.5. The number of fused-ring (bicyclic) bond motifs is 1. The molecule has 1 aliphatic rings. The van der Waals surface area contributed by atoms with Crippen molar-refractivity contribution >= 4 is 11.3 Å². The summed E-state index contributed by atoms with van der Waals surface area (Å²) in [5.74, 6) is -1.33. The normalized spacial score (nSPS) is 14.0. The molecule has 0 atom stereocenters. The fourth-order valence-electron chi connectivity index (χ4n) is 3.35. The highest BCUT2D eigenvalue weighted by Gasteiger charge is 2.13. The predicted molar refractivity (Wildman–Crippen MR) is 111 cm³/mol. The van der Waals surface area contributed by atoms with Gasteiger partial charge in [-0.25, -0.2) is 8.78 Å². The second-order valence-corrected chi connectivity index (χ2v) is 6.81.